The molecule has 6 rings (SSSR count). The summed E-state index contributed by atoms with van der Waals surface area (Å²) in [5.41, 5.74) is 5.62. The van der Waals surface area contributed by atoms with Crippen LogP contribution in [0.2, 0.25) is 0 Å². The molecule has 6 aromatic rings. The molecule has 38 heavy (non-hydrogen) atoms. The minimum atomic E-state index is 0. The van der Waals surface area contributed by atoms with E-state index in [1.54, 1.807) is 31.0 Å². The molecule has 6 heterocycles. The fourth-order valence-corrected chi connectivity index (χ4v) is 3.28. The van der Waals surface area contributed by atoms with Crippen LogP contribution in [0.3, 0.4) is 0 Å². The number of rotatable bonds is 3. The first-order chi connectivity index (χ1) is 18.3. The molecule has 6 aromatic heterocycles. The van der Waals surface area contributed by atoms with E-state index in [0.717, 1.165) is 34.2 Å². The largest absolute Gasteiger partial charge is 3.00 e. The van der Waals surface area contributed by atoms with Gasteiger partial charge in [-0.05, 0) is 66.7 Å². The summed E-state index contributed by atoms with van der Waals surface area (Å²) in [6.07, 6.45) is 10.8. The van der Waals surface area contributed by atoms with Crippen molar-refractivity contribution in [2.45, 2.75) is 0 Å². The monoisotopic (exact) mass is 584 g/mol. The average molecular weight is 584 g/mol. The molecule has 7 heteroatoms. The Kier molecular flexibility index (Phi) is 11.4. The van der Waals surface area contributed by atoms with Gasteiger partial charge in [-0.25, -0.2) is 0 Å². The van der Waals surface area contributed by atoms with Crippen molar-refractivity contribution in [2.24, 2.45) is 0 Å². The summed E-state index contributed by atoms with van der Waals surface area (Å²) < 4.78 is 1.81. The topological polar surface area (TPSA) is 68.3 Å². The van der Waals surface area contributed by atoms with Crippen molar-refractivity contribution in [3.05, 3.63) is 153 Å². The molecular formula is C31H26N6Ru+3. The van der Waals surface area contributed by atoms with Crippen molar-refractivity contribution in [3.8, 4) is 34.2 Å². The summed E-state index contributed by atoms with van der Waals surface area (Å²) in [5, 5.41) is 0. The van der Waals surface area contributed by atoms with Crippen molar-refractivity contribution in [1.29, 1.82) is 0 Å². The molecule has 0 spiro atoms. The summed E-state index contributed by atoms with van der Waals surface area (Å²) in [5.74, 6) is 0. The van der Waals surface area contributed by atoms with Crippen LogP contribution in [-0.4, -0.2) is 24.9 Å². The van der Waals surface area contributed by atoms with Crippen LogP contribution in [-0.2, 0) is 19.5 Å². The number of pyridine rings is 6. The molecule has 185 valence electrons. The van der Waals surface area contributed by atoms with Crippen LogP contribution in [0, 0.1) is 7.05 Å². The van der Waals surface area contributed by atoms with Crippen LogP contribution >= 0.6 is 0 Å². The van der Waals surface area contributed by atoms with Gasteiger partial charge in [-0.1, -0.05) is 42.5 Å². The molecule has 0 amide bonds. The minimum absolute atomic E-state index is 0. The average Bonchev–Trinajstić information content (AvgIpc) is 3.00. The quantitative estimate of drug-likeness (QED) is 0.146. The summed E-state index contributed by atoms with van der Waals surface area (Å²) in [4.78, 5) is 21.0. The Morgan fingerprint density at radius 1 is 0.395 bits per heavy atom. The van der Waals surface area contributed by atoms with Crippen LogP contribution in [0.5, 0.6) is 0 Å². The maximum atomic E-state index is 4.25. The van der Waals surface area contributed by atoms with Gasteiger partial charge in [-0.2, -0.15) is 0 Å². The van der Waals surface area contributed by atoms with Crippen molar-refractivity contribution in [1.82, 2.24) is 24.9 Å². The van der Waals surface area contributed by atoms with E-state index in [-0.39, 0.29) is 19.5 Å². The third-order valence-electron chi connectivity index (χ3n) is 5.05. The summed E-state index contributed by atoms with van der Waals surface area (Å²) >= 11 is 0. The van der Waals surface area contributed by atoms with Gasteiger partial charge in [0.2, 0.25) is 0 Å². The Labute approximate surface area is 236 Å². The van der Waals surface area contributed by atoms with Gasteiger partial charge in [0.15, 0.2) is 0 Å². The number of hydrogen-bond donors (Lipinski definition) is 0. The third-order valence-corrected chi connectivity index (χ3v) is 5.05. The predicted octanol–water partition coefficient (Wildman–Crippen LogP) is 5.96. The Morgan fingerprint density at radius 2 is 0.711 bits per heavy atom. The van der Waals surface area contributed by atoms with Crippen molar-refractivity contribution >= 4 is 0 Å². The van der Waals surface area contributed by atoms with E-state index in [0.29, 0.717) is 0 Å². The zero-order valence-electron chi connectivity index (χ0n) is 20.6. The van der Waals surface area contributed by atoms with E-state index in [1.807, 2.05) is 120 Å². The molecular weight excluding hydrogens is 557 g/mol. The first kappa shape index (κ1) is 28.0. The van der Waals surface area contributed by atoms with Crippen LogP contribution in [0.15, 0.2) is 146 Å². The van der Waals surface area contributed by atoms with Crippen molar-refractivity contribution in [3.63, 3.8) is 0 Å². The minimum Gasteiger partial charge on any atom is -0.332 e. The molecule has 0 fully saturated rings. The van der Waals surface area contributed by atoms with Gasteiger partial charge in [-0.3, -0.25) is 24.9 Å². The fourth-order valence-electron chi connectivity index (χ4n) is 3.28. The molecule has 0 saturated heterocycles. The van der Waals surface area contributed by atoms with Gasteiger partial charge in [0.1, 0.15) is 5.69 Å². The first-order valence-electron chi connectivity index (χ1n) is 11.7. The van der Waals surface area contributed by atoms with E-state index in [4.69, 9.17) is 0 Å². The maximum Gasteiger partial charge on any atom is 3.00 e. The number of nitrogens with zero attached hydrogens (tertiary/aromatic N) is 6. The molecule has 0 saturated carbocycles. The Morgan fingerprint density at radius 3 is 1.00 bits per heavy atom. The van der Waals surface area contributed by atoms with Crippen LogP contribution in [0.25, 0.3) is 34.2 Å². The van der Waals surface area contributed by atoms with Crippen LogP contribution in [0.4, 0.5) is 0 Å². The SMILES string of the molecule is [CH2-][n+]1ccccc1-c1ccccn1.[Ru+3].c1ccc(-c2ccccn2)nc1.c1ccc(-c2ccccn2)nc1. The molecule has 0 N–H and O–H groups in total. The van der Waals surface area contributed by atoms with Crippen molar-refractivity contribution < 1.29 is 24.0 Å². The van der Waals surface area contributed by atoms with Gasteiger partial charge < -0.3 is 4.57 Å². The van der Waals surface area contributed by atoms with E-state index < -0.39 is 0 Å². The summed E-state index contributed by atoms with van der Waals surface area (Å²) in [6.45, 7) is 0. The summed E-state index contributed by atoms with van der Waals surface area (Å²) in [7, 11) is 3.87. The van der Waals surface area contributed by atoms with E-state index in [1.165, 1.54) is 0 Å². The van der Waals surface area contributed by atoms with Gasteiger partial charge in [0.05, 0.1) is 34.7 Å². The van der Waals surface area contributed by atoms with E-state index >= 15 is 0 Å². The Hall–Kier alpha value is -4.61. The Balaban J connectivity index is 0.000000156. The molecule has 0 unspecified atom stereocenters. The molecule has 0 aromatic carbocycles. The van der Waals surface area contributed by atoms with Gasteiger partial charge in [0, 0.05) is 38.0 Å². The number of hydrogen-bond acceptors (Lipinski definition) is 5. The smallest absolute Gasteiger partial charge is 0.332 e. The third kappa shape index (κ3) is 8.50. The van der Waals surface area contributed by atoms with Crippen LogP contribution < -0.4 is 4.57 Å². The molecule has 0 bridgehead atoms. The van der Waals surface area contributed by atoms with Crippen molar-refractivity contribution in [2.75, 3.05) is 0 Å². The Bertz CT molecular complexity index is 1300. The maximum absolute atomic E-state index is 4.25. The molecule has 0 aliphatic heterocycles. The van der Waals surface area contributed by atoms with Crippen LogP contribution in [0.1, 0.15) is 0 Å². The standard InChI is InChI=1S/C11H10N2.2C10H8N2.Ru/c1-13-9-5-3-7-11(13)10-6-2-4-8-12-10;2*1-3-7-11-9(5-1)10-6-2-4-8-12-10;/h2-9H,1H2;2*1-8H;/q;;;+3. The van der Waals surface area contributed by atoms with Gasteiger partial charge in [-0.15, -0.1) is 0 Å². The zero-order chi connectivity index (χ0) is 25.5. The van der Waals surface area contributed by atoms with Gasteiger partial charge >= 0.3 is 19.5 Å². The molecule has 6 nitrogen and oxygen atoms in total. The van der Waals surface area contributed by atoms with E-state index in [9.17, 15) is 0 Å². The molecule has 1 radical (unpaired) electrons. The molecule has 0 atom stereocenters. The molecule has 0 aliphatic rings. The predicted molar refractivity (Wildman–Crippen MR) is 146 cm³/mol. The second kappa shape index (κ2) is 15.5. The molecule has 0 aliphatic carbocycles. The second-order valence-electron chi connectivity index (χ2n) is 7.63. The first-order valence-corrected chi connectivity index (χ1v) is 11.7. The zero-order valence-corrected chi connectivity index (χ0v) is 22.3. The summed E-state index contributed by atoms with van der Waals surface area (Å²) in [6, 6.07) is 34.9. The normalized spacial score (nSPS) is 9.47. The fraction of sp³-hybridized carbons (Fsp3) is 0. The van der Waals surface area contributed by atoms with Gasteiger partial charge in [0.25, 0.3) is 0 Å². The number of aromatic nitrogens is 6. The van der Waals surface area contributed by atoms with E-state index in [2.05, 4.69) is 32.0 Å². The second-order valence-corrected chi connectivity index (χ2v) is 7.63.